The summed E-state index contributed by atoms with van der Waals surface area (Å²) in [5.41, 5.74) is 0.887. The average Bonchev–Trinajstić information content (AvgIpc) is 3.16. The van der Waals surface area contributed by atoms with Gasteiger partial charge in [-0.1, -0.05) is 13.0 Å². The molecule has 1 aliphatic rings. The first-order chi connectivity index (χ1) is 10.0. The first kappa shape index (κ1) is 15.5. The first-order valence-electron chi connectivity index (χ1n) is 6.90. The van der Waals surface area contributed by atoms with Gasteiger partial charge in [0.1, 0.15) is 0 Å². The van der Waals surface area contributed by atoms with Crippen LogP contribution in [0.1, 0.15) is 18.9 Å². The summed E-state index contributed by atoms with van der Waals surface area (Å²) >= 11 is 0. The van der Waals surface area contributed by atoms with Crippen molar-refractivity contribution in [3.05, 3.63) is 23.8 Å². The quantitative estimate of drug-likeness (QED) is 0.842. The topological polar surface area (TPSA) is 47.6 Å². The summed E-state index contributed by atoms with van der Waals surface area (Å²) in [6, 6.07) is 4.78. The number of carbonyl (C=O) groups excluding carboxylic acids is 1. The predicted octanol–water partition coefficient (Wildman–Crippen LogP) is 2.61. The number of halogens is 2. The number of hydrogen-bond acceptors (Lipinski definition) is 3. The van der Waals surface area contributed by atoms with Gasteiger partial charge < -0.3 is 14.8 Å². The van der Waals surface area contributed by atoms with Crippen LogP contribution in [-0.4, -0.2) is 26.2 Å². The Bertz CT molecular complexity index is 508. The largest absolute Gasteiger partial charge is 0.493 e. The number of benzene rings is 1. The molecular weight excluding hydrogens is 280 g/mol. The molecule has 6 heteroatoms. The maximum absolute atomic E-state index is 12.2. The minimum absolute atomic E-state index is 0.00657. The summed E-state index contributed by atoms with van der Waals surface area (Å²) in [7, 11) is 1.40. The Labute approximate surface area is 122 Å². The second-order valence-electron chi connectivity index (χ2n) is 5.22. The van der Waals surface area contributed by atoms with Crippen molar-refractivity contribution < 1.29 is 23.0 Å². The van der Waals surface area contributed by atoms with Crippen molar-refractivity contribution >= 4 is 5.91 Å². The molecular formula is C15H19F2NO3. The number of rotatable bonds is 7. The maximum atomic E-state index is 12.2. The summed E-state index contributed by atoms with van der Waals surface area (Å²) < 4.78 is 33.8. The molecule has 0 radical (unpaired) electrons. The molecule has 2 atom stereocenters. The van der Waals surface area contributed by atoms with Crippen molar-refractivity contribution in [2.75, 3.05) is 13.7 Å². The number of methoxy groups -OCH3 is 1. The van der Waals surface area contributed by atoms with Crippen LogP contribution in [-0.2, 0) is 11.2 Å². The Morgan fingerprint density at radius 3 is 2.71 bits per heavy atom. The number of ether oxygens (including phenoxy) is 2. The molecule has 0 unspecified atom stereocenters. The molecule has 1 fully saturated rings. The van der Waals surface area contributed by atoms with Crippen LogP contribution < -0.4 is 14.8 Å². The van der Waals surface area contributed by atoms with Gasteiger partial charge in [-0.05, 0) is 36.5 Å². The Kier molecular flexibility index (Phi) is 4.98. The summed E-state index contributed by atoms with van der Waals surface area (Å²) in [4.78, 5) is 11.7. The third kappa shape index (κ3) is 4.31. The van der Waals surface area contributed by atoms with Crippen molar-refractivity contribution in [2.24, 2.45) is 11.8 Å². The minimum atomic E-state index is -2.88. The van der Waals surface area contributed by atoms with E-state index in [-0.39, 0.29) is 23.3 Å². The monoisotopic (exact) mass is 299 g/mol. The third-order valence-electron chi connectivity index (χ3n) is 3.60. The van der Waals surface area contributed by atoms with Crippen LogP contribution in [0.4, 0.5) is 8.78 Å². The van der Waals surface area contributed by atoms with E-state index in [2.05, 4.69) is 17.0 Å². The van der Waals surface area contributed by atoms with E-state index in [0.717, 1.165) is 12.0 Å². The van der Waals surface area contributed by atoms with Crippen LogP contribution in [0.25, 0.3) is 0 Å². The van der Waals surface area contributed by atoms with Gasteiger partial charge >= 0.3 is 6.61 Å². The van der Waals surface area contributed by atoms with Crippen molar-refractivity contribution in [1.82, 2.24) is 5.32 Å². The Balaban J connectivity index is 1.87. The van der Waals surface area contributed by atoms with Crippen LogP contribution in [0.15, 0.2) is 18.2 Å². The number of alkyl halides is 2. The van der Waals surface area contributed by atoms with Gasteiger partial charge in [-0.2, -0.15) is 8.78 Å². The van der Waals surface area contributed by atoms with Crippen LogP contribution in [0.2, 0.25) is 0 Å². The van der Waals surface area contributed by atoms with E-state index in [1.54, 1.807) is 12.1 Å². The van der Waals surface area contributed by atoms with Crippen LogP contribution >= 0.6 is 0 Å². The fourth-order valence-corrected chi connectivity index (χ4v) is 2.21. The molecule has 0 aliphatic heterocycles. The minimum Gasteiger partial charge on any atom is -0.493 e. The smallest absolute Gasteiger partial charge is 0.387 e. The lowest BCUT2D eigenvalue weighted by molar-refractivity contribution is -0.122. The molecule has 1 aromatic rings. The van der Waals surface area contributed by atoms with E-state index < -0.39 is 6.61 Å². The molecule has 0 saturated heterocycles. The molecule has 1 N–H and O–H groups in total. The zero-order valence-electron chi connectivity index (χ0n) is 12.1. The molecule has 0 bridgehead atoms. The lowest BCUT2D eigenvalue weighted by Gasteiger charge is -2.11. The molecule has 21 heavy (non-hydrogen) atoms. The second kappa shape index (κ2) is 6.74. The summed E-state index contributed by atoms with van der Waals surface area (Å²) in [5.74, 6) is 0.992. The standard InChI is InChI=1S/C15H19F2NO3/c1-9-7-11(9)14(19)18-6-5-10-3-4-12(21-15(16)17)13(8-10)20-2/h3-4,8-9,11,15H,5-7H2,1-2H3,(H,18,19)/t9-,11-/m0/s1. The fourth-order valence-electron chi connectivity index (χ4n) is 2.21. The van der Waals surface area contributed by atoms with E-state index in [0.29, 0.717) is 18.9 Å². The molecule has 1 aromatic carbocycles. The summed E-state index contributed by atoms with van der Waals surface area (Å²) in [5, 5.41) is 2.88. The Morgan fingerprint density at radius 1 is 1.43 bits per heavy atom. The van der Waals surface area contributed by atoms with Gasteiger partial charge in [0.2, 0.25) is 5.91 Å². The van der Waals surface area contributed by atoms with E-state index >= 15 is 0 Å². The van der Waals surface area contributed by atoms with E-state index in [1.807, 2.05) is 0 Å². The molecule has 0 aromatic heterocycles. The van der Waals surface area contributed by atoms with Gasteiger partial charge in [0.05, 0.1) is 7.11 Å². The summed E-state index contributed by atoms with van der Waals surface area (Å²) in [6.07, 6.45) is 1.57. The van der Waals surface area contributed by atoms with Crippen molar-refractivity contribution in [1.29, 1.82) is 0 Å². The van der Waals surface area contributed by atoms with E-state index in [9.17, 15) is 13.6 Å². The van der Waals surface area contributed by atoms with Crippen molar-refractivity contribution in [2.45, 2.75) is 26.4 Å². The van der Waals surface area contributed by atoms with Crippen molar-refractivity contribution in [3.63, 3.8) is 0 Å². The highest BCUT2D eigenvalue weighted by atomic mass is 19.3. The molecule has 4 nitrogen and oxygen atoms in total. The SMILES string of the molecule is COc1cc(CCNC(=O)[C@H]2C[C@@H]2C)ccc1OC(F)F. The highest BCUT2D eigenvalue weighted by molar-refractivity contribution is 5.81. The lowest BCUT2D eigenvalue weighted by atomic mass is 10.1. The normalized spacial score (nSPS) is 20.2. The molecule has 1 amide bonds. The third-order valence-corrected chi connectivity index (χ3v) is 3.60. The number of nitrogens with one attached hydrogen (secondary N) is 1. The van der Waals surface area contributed by atoms with Gasteiger partial charge in [0.25, 0.3) is 0 Å². The molecule has 0 spiro atoms. The molecule has 0 heterocycles. The molecule has 2 rings (SSSR count). The van der Waals surface area contributed by atoms with Crippen LogP contribution in [0.3, 0.4) is 0 Å². The average molecular weight is 299 g/mol. The first-order valence-corrected chi connectivity index (χ1v) is 6.90. The van der Waals surface area contributed by atoms with Gasteiger partial charge in [-0.25, -0.2) is 0 Å². The highest BCUT2D eigenvalue weighted by Crippen LogP contribution is 2.37. The molecule has 1 aliphatic carbocycles. The Morgan fingerprint density at radius 2 is 2.14 bits per heavy atom. The second-order valence-corrected chi connectivity index (χ2v) is 5.22. The zero-order chi connectivity index (χ0) is 15.4. The van der Waals surface area contributed by atoms with Gasteiger partial charge in [-0.15, -0.1) is 0 Å². The van der Waals surface area contributed by atoms with Crippen LogP contribution in [0.5, 0.6) is 11.5 Å². The number of amides is 1. The Hall–Kier alpha value is -1.85. The number of hydrogen-bond donors (Lipinski definition) is 1. The predicted molar refractivity (Wildman–Crippen MR) is 73.6 cm³/mol. The summed E-state index contributed by atoms with van der Waals surface area (Å²) in [6.45, 7) is -0.318. The van der Waals surface area contributed by atoms with Crippen molar-refractivity contribution in [3.8, 4) is 11.5 Å². The van der Waals surface area contributed by atoms with E-state index in [1.165, 1.54) is 13.2 Å². The zero-order valence-corrected chi connectivity index (χ0v) is 12.1. The lowest BCUT2D eigenvalue weighted by Crippen LogP contribution is -2.27. The van der Waals surface area contributed by atoms with Crippen LogP contribution in [0, 0.1) is 11.8 Å². The van der Waals surface area contributed by atoms with Gasteiger partial charge in [-0.3, -0.25) is 4.79 Å². The van der Waals surface area contributed by atoms with Gasteiger partial charge in [0, 0.05) is 12.5 Å². The van der Waals surface area contributed by atoms with Gasteiger partial charge in [0.15, 0.2) is 11.5 Å². The molecule has 1 saturated carbocycles. The highest BCUT2D eigenvalue weighted by Gasteiger charge is 2.38. The molecule has 116 valence electrons. The number of carbonyl (C=O) groups is 1. The van der Waals surface area contributed by atoms with E-state index in [4.69, 9.17) is 4.74 Å². The fraction of sp³-hybridized carbons (Fsp3) is 0.533. The maximum Gasteiger partial charge on any atom is 0.387 e.